The molecule has 0 saturated heterocycles. The van der Waals surface area contributed by atoms with Crippen LogP contribution in [-0.2, 0) is 0 Å². The van der Waals surface area contributed by atoms with Crippen molar-refractivity contribution in [2.45, 2.75) is 34.6 Å². The van der Waals surface area contributed by atoms with E-state index in [9.17, 15) is 0 Å². The van der Waals surface area contributed by atoms with Crippen molar-refractivity contribution in [2.24, 2.45) is 0 Å². The predicted molar refractivity (Wildman–Crippen MR) is 91.0 cm³/mol. The average Bonchev–Trinajstić information content (AvgIpc) is 2.33. The van der Waals surface area contributed by atoms with Gasteiger partial charge in [-0.25, -0.2) is 0 Å². The molecule has 0 atom stereocenters. The molecule has 1 nitrogen and oxygen atoms in total. The zero-order chi connectivity index (χ0) is 15.3. The van der Waals surface area contributed by atoms with Gasteiger partial charge in [-0.3, -0.25) is 0 Å². The van der Waals surface area contributed by atoms with Crippen LogP contribution in [0.15, 0.2) is 65.9 Å². The summed E-state index contributed by atoms with van der Waals surface area (Å²) in [5.74, 6) is 0. The number of allylic oxidation sites excluding steroid dienone is 4. The van der Waals surface area contributed by atoms with Crippen LogP contribution >= 0.6 is 0 Å². The summed E-state index contributed by atoms with van der Waals surface area (Å²) in [6, 6.07) is 6.33. The second-order valence-corrected chi connectivity index (χ2v) is 5.51. The highest BCUT2D eigenvalue weighted by atomic mass is 14.9. The Bertz CT molecular complexity index is 582. The van der Waals surface area contributed by atoms with E-state index in [0.29, 0.717) is 0 Å². The Morgan fingerprint density at radius 3 is 2.15 bits per heavy atom. The Kier molecular flexibility index (Phi) is 5.57. The van der Waals surface area contributed by atoms with E-state index in [1.54, 1.807) is 0 Å². The summed E-state index contributed by atoms with van der Waals surface area (Å²) in [6.07, 6.45) is 4.14. The minimum absolute atomic E-state index is 0.873. The van der Waals surface area contributed by atoms with Crippen molar-refractivity contribution >= 4 is 5.69 Å². The monoisotopic (exact) mass is 267 g/mol. The van der Waals surface area contributed by atoms with Crippen LogP contribution in [0.4, 0.5) is 5.69 Å². The van der Waals surface area contributed by atoms with Gasteiger partial charge in [0, 0.05) is 11.4 Å². The molecular formula is C19H25N. The fraction of sp³-hybridized carbons (Fsp3) is 0.263. The number of benzene rings is 1. The lowest BCUT2D eigenvalue weighted by Gasteiger charge is -2.14. The standard InChI is InChI=1S/C19H25N/c1-13(2)8-11-19(14(3)4)17(7)20-18-10-9-15(5)16(6)12-18/h8-12,20H,3,7H2,1-2,4-6H3/b19-11+. The van der Waals surface area contributed by atoms with Gasteiger partial charge in [0.25, 0.3) is 0 Å². The van der Waals surface area contributed by atoms with E-state index in [1.165, 1.54) is 16.7 Å². The first-order valence-electron chi connectivity index (χ1n) is 6.86. The van der Waals surface area contributed by atoms with Gasteiger partial charge < -0.3 is 5.32 Å². The SMILES string of the molecule is C=C(C)/C(=C\C=C(C)C)C(=C)Nc1ccc(C)c(C)c1. The van der Waals surface area contributed by atoms with Crippen molar-refractivity contribution in [3.05, 3.63) is 77.1 Å². The lowest BCUT2D eigenvalue weighted by Crippen LogP contribution is -2.02. The molecule has 0 saturated carbocycles. The van der Waals surface area contributed by atoms with Crippen LogP contribution in [0.1, 0.15) is 31.9 Å². The van der Waals surface area contributed by atoms with E-state index in [1.807, 2.05) is 6.92 Å². The second-order valence-electron chi connectivity index (χ2n) is 5.51. The van der Waals surface area contributed by atoms with Crippen molar-refractivity contribution in [3.63, 3.8) is 0 Å². The minimum Gasteiger partial charge on any atom is -0.356 e. The maximum absolute atomic E-state index is 4.13. The predicted octanol–water partition coefficient (Wildman–Crippen LogP) is 5.70. The lowest BCUT2D eigenvalue weighted by molar-refractivity contribution is 1.30. The first-order chi connectivity index (χ1) is 9.31. The summed E-state index contributed by atoms with van der Waals surface area (Å²) in [5.41, 5.74) is 7.80. The quantitative estimate of drug-likeness (QED) is 0.675. The number of hydrogen-bond donors (Lipinski definition) is 1. The third-order valence-corrected chi connectivity index (χ3v) is 3.17. The molecule has 0 bridgehead atoms. The maximum atomic E-state index is 4.13. The molecule has 0 fully saturated rings. The largest absolute Gasteiger partial charge is 0.356 e. The molecule has 1 N–H and O–H groups in total. The summed E-state index contributed by atoms with van der Waals surface area (Å²) in [7, 11) is 0. The van der Waals surface area contributed by atoms with Gasteiger partial charge in [-0.2, -0.15) is 0 Å². The number of rotatable bonds is 5. The normalized spacial score (nSPS) is 10.9. The molecule has 106 valence electrons. The molecule has 0 unspecified atom stereocenters. The summed E-state index contributed by atoms with van der Waals surface area (Å²) in [5, 5.41) is 3.36. The van der Waals surface area contributed by atoms with Gasteiger partial charge in [-0.05, 0) is 69.0 Å². The van der Waals surface area contributed by atoms with E-state index in [4.69, 9.17) is 0 Å². The lowest BCUT2D eigenvalue weighted by atomic mass is 10.0. The van der Waals surface area contributed by atoms with Gasteiger partial charge in [0.05, 0.1) is 0 Å². The van der Waals surface area contributed by atoms with Gasteiger partial charge >= 0.3 is 0 Å². The molecule has 0 heterocycles. The van der Waals surface area contributed by atoms with Crippen LogP contribution < -0.4 is 5.32 Å². The van der Waals surface area contributed by atoms with Crippen molar-refractivity contribution in [3.8, 4) is 0 Å². The van der Waals surface area contributed by atoms with Crippen LogP contribution in [-0.4, -0.2) is 0 Å². The summed E-state index contributed by atoms with van der Waals surface area (Å²) >= 11 is 0. The molecule has 20 heavy (non-hydrogen) atoms. The Morgan fingerprint density at radius 2 is 1.65 bits per heavy atom. The first kappa shape index (κ1) is 16.0. The molecule has 0 aromatic heterocycles. The summed E-state index contributed by atoms with van der Waals surface area (Å²) < 4.78 is 0. The van der Waals surface area contributed by atoms with Crippen molar-refractivity contribution < 1.29 is 0 Å². The zero-order valence-corrected chi connectivity index (χ0v) is 13.3. The molecule has 1 heteroatoms. The van der Waals surface area contributed by atoms with E-state index in [-0.39, 0.29) is 0 Å². The van der Waals surface area contributed by atoms with Crippen molar-refractivity contribution in [1.82, 2.24) is 0 Å². The van der Waals surface area contributed by atoms with Crippen LogP contribution in [0.5, 0.6) is 0 Å². The van der Waals surface area contributed by atoms with Gasteiger partial charge in [0.2, 0.25) is 0 Å². The van der Waals surface area contributed by atoms with Gasteiger partial charge in [0.1, 0.15) is 0 Å². The van der Waals surface area contributed by atoms with E-state index >= 15 is 0 Å². The zero-order valence-electron chi connectivity index (χ0n) is 13.3. The second kappa shape index (κ2) is 6.95. The van der Waals surface area contributed by atoms with Crippen LogP contribution in [0.25, 0.3) is 0 Å². The first-order valence-corrected chi connectivity index (χ1v) is 6.86. The molecule has 0 amide bonds. The molecular weight excluding hydrogens is 242 g/mol. The smallest absolute Gasteiger partial charge is 0.0387 e. The highest BCUT2D eigenvalue weighted by Crippen LogP contribution is 2.21. The van der Waals surface area contributed by atoms with Crippen LogP contribution in [0, 0.1) is 13.8 Å². The minimum atomic E-state index is 0.873. The van der Waals surface area contributed by atoms with Crippen molar-refractivity contribution in [1.29, 1.82) is 0 Å². The summed E-state index contributed by atoms with van der Waals surface area (Å²) in [6.45, 7) is 18.5. The molecule has 0 aliphatic heterocycles. The van der Waals surface area contributed by atoms with E-state index in [0.717, 1.165) is 22.5 Å². The summed E-state index contributed by atoms with van der Waals surface area (Å²) in [4.78, 5) is 0. The van der Waals surface area contributed by atoms with E-state index in [2.05, 4.69) is 76.5 Å². The Morgan fingerprint density at radius 1 is 1.00 bits per heavy atom. The highest BCUT2D eigenvalue weighted by Gasteiger charge is 2.04. The number of anilines is 1. The van der Waals surface area contributed by atoms with Gasteiger partial charge in [0.15, 0.2) is 0 Å². The fourth-order valence-electron chi connectivity index (χ4n) is 1.81. The third-order valence-electron chi connectivity index (χ3n) is 3.17. The maximum Gasteiger partial charge on any atom is 0.0387 e. The molecule has 1 rings (SSSR count). The molecule has 0 aliphatic rings. The van der Waals surface area contributed by atoms with E-state index < -0.39 is 0 Å². The Balaban J connectivity index is 2.97. The molecule has 0 aliphatic carbocycles. The number of hydrogen-bond acceptors (Lipinski definition) is 1. The van der Waals surface area contributed by atoms with Gasteiger partial charge in [-0.15, -0.1) is 0 Å². The molecule has 0 spiro atoms. The molecule has 1 aromatic rings. The number of aryl methyl sites for hydroxylation is 2. The molecule has 1 aromatic carbocycles. The Labute approximate surface area is 123 Å². The van der Waals surface area contributed by atoms with Crippen LogP contribution in [0.2, 0.25) is 0 Å². The average molecular weight is 267 g/mol. The van der Waals surface area contributed by atoms with Crippen molar-refractivity contribution in [2.75, 3.05) is 5.32 Å². The van der Waals surface area contributed by atoms with Gasteiger partial charge in [-0.1, -0.05) is 36.9 Å². The highest BCUT2D eigenvalue weighted by molar-refractivity contribution is 5.58. The van der Waals surface area contributed by atoms with Crippen LogP contribution in [0.3, 0.4) is 0 Å². The third kappa shape index (κ3) is 4.58. The topological polar surface area (TPSA) is 12.0 Å². The fourth-order valence-corrected chi connectivity index (χ4v) is 1.81. The molecule has 0 radical (unpaired) electrons. The Hall–Kier alpha value is -2.02. The number of nitrogens with one attached hydrogen (secondary N) is 1.